The molecular formula is C19H22FN5O2. The molecule has 1 N–H and O–H groups in total. The molecule has 0 saturated carbocycles. The van der Waals surface area contributed by atoms with Gasteiger partial charge in [-0.15, -0.1) is 0 Å². The lowest BCUT2D eigenvalue weighted by Gasteiger charge is -2.31. The number of piperidine rings is 1. The van der Waals surface area contributed by atoms with Crippen LogP contribution < -0.4 is 16.1 Å². The summed E-state index contributed by atoms with van der Waals surface area (Å²) in [6.45, 7) is 4.02. The first-order valence-corrected chi connectivity index (χ1v) is 9.13. The first-order chi connectivity index (χ1) is 13.0. The van der Waals surface area contributed by atoms with E-state index in [1.54, 1.807) is 29.8 Å². The first kappa shape index (κ1) is 17.5. The highest BCUT2D eigenvalue weighted by Crippen LogP contribution is 2.26. The fourth-order valence-electron chi connectivity index (χ4n) is 3.62. The van der Waals surface area contributed by atoms with Gasteiger partial charge >= 0.3 is 5.69 Å². The lowest BCUT2D eigenvalue weighted by atomic mass is 10.00. The smallest absolute Gasteiger partial charge is 0.329 e. The number of H-pyrrole nitrogens is 1. The zero-order valence-corrected chi connectivity index (χ0v) is 15.4. The van der Waals surface area contributed by atoms with E-state index in [1.165, 1.54) is 10.6 Å². The molecule has 0 atom stereocenters. The number of aryl methyl sites for hydroxylation is 1. The van der Waals surface area contributed by atoms with Gasteiger partial charge in [0.1, 0.15) is 5.82 Å². The fraction of sp³-hybridized carbons (Fsp3) is 0.421. The summed E-state index contributed by atoms with van der Waals surface area (Å²) in [6, 6.07) is 6.49. The van der Waals surface area contributed by atoms with Gasteiger partial charge < -0.3 is 4.90 Å². The second-order valence-corrected chi connectivity index (χ2v) is 7.25. The highest BCUT2D eigenvalue weighted by atomic mass is 19.1. The number of anilines is 1. The van der Waals surface area contributed by atoms with E-state index in [-0.39, 0.29) is 17.9 Å². The average Bonchev–Trinajstić information content (AvgIpc) is 3.02. The van der Waals surface area contributed by atoms with E-state index in [0.717, 1.165) is 25.9 Å². The summed E-state index contributed by atoms with van der Waals surface area (Å²) in [6.07, 6.45) is 2.05. The van der Waals surface area contributed by atoms with Crippen molar-refractivity contribution in [1.29, 1.82) is 0 Å². The van der Waals surface area contributed by atoms with Crippen LogP contribution in [0.15, 0.2) is 33.9 Å². The van der Waals surface area contributed by atoms with Crippen LogP contribution in [-0.4, -0.2) is 32.2 Å². The summed E-state index contributed by atoms with van der Waals surface area (Å²) < 4.78 is 17.3. The van der Waals surface area contributed by atoms with Gasteiger partial charge in [0.2, 0.25) is 5.95 Å². The van der Waals surface area contributed by atoms with Crippen LogP contribution in [0.5, 0.6) is 0 Å². The summed E-state index contributed by atoms with van der Waals surface area (Å²) in [7, 11) is 1.57. The van der Waals surface area contributed by atoms with Crippen molar-refractivity contribution >= 4 is 17.1 Å². The predicted molar refractivity (Wildman–Crippen MR) is 102 cm³/mol. The highest BCUT2D eigenvalue weighted by Gasteiger charge is 2.25. The van der Waals surface area contributed by atoms with Gasteiger partial charge in [-0.1, -0.05) is 25.1 Å². The Labute approximate surface area is 155 Å². The summed E-state index contributed by atoms with van der Waals surface area (Å²) >= 11 is 0. The molecule has 1 aliphatic heterocycles. The maximum Gasteiger partial charge on any atom is 0.329 e. The van der Waals surface area contributed by atoms with E-state index < -0.39 is 11.2 Å². The third kappa shape index (κ3) is 3.05. The molecule has 1 saturated heterocycles. The van der Waals surface area contributed by atoms with Crippen LogP contribution in [0, 0.1) is 11.7 Å². The molecule has 1 aromatic carbocycles. The zero-order valence-electron chi connectivity index (χ0n) is 15.4. The Balaban J connectivity index is 1.92. The summed E-state index contributed by atoms with van der Waals surface area (Å²) in [4.78, 5) is 33.6. The van der Waals surface area contributed by atoms with Gasteiger partial charge in [0, 0.05) is 25.7 Å². The molecule has 142 valence electrons. The Morgan fingerprint density at radius 2 is 1.93 bits per heavy atom. The van der Waals surface area contributed by atoms with Crippen molar-refractivity contribution < 1.29 is 4.39 Å². The second-order valence-electron chi connectivity index (χ2n) is 7.25. The lowest BCUT2D eigenvalue weighted by molar-refractivity contribution is 0.432. The lowest BCUT2D eigenvalue weighted by Crippen LogP contribution is -2.35. The van der Waals surface area contributed by atoms with Gasteiger partial charge in [0.25, 0.3) is 5.56 Å². The van der Waals surface area contributed by atoms with Gasteiger partial charge in [-0.25, -0.2) is 9.18 Å². The Morgan fingerprint density at radius 1 is 1.22 bits per heavy atom. The molecule has 0 aliphatic carbocycles. The minimum absolute atomic E-state index is 0.172. The van der Waals surface area contributed by atoms with Crippen molar-refractivity contribution in [2.45, 2.75) is 26.3 Å². The summed E-state index contributed by atoms with van der Waals surface area (Å²) in [5.41, 5.74) is 0.0507. The second kappa shape index (κ2) is 6.68. The molecular weight excluding hydrogens is 349 g/mol. The van der Waals surface area contributed by atoms with Crippen molar-refractivity contribution in [3.63, 3.8) is 0 Å². The average molecular weight is 371 g/mol. The maximum atomic E-state index is 14.3. The number of imidazole rings is 1. The predicted octanol–water partition coefficient (Wildman–Crippen LogP) is 1.85. The SMILES string of the molecule is CC1CCN(c2nc3c(c(=O)[nH]c(=O)n3C)n2Cc2ccccc2F)CC1. The fourth-order valence-corrected chi connectivity index (χ4v) is 3.62. The molecule has 2 aromatic heterocycles. The molecule has 4 rings (SSSR count). The third-order valence-electron chi connectivity index (χ3n) is 5.34. The molecule has 8 heteroatoms. The largest absolute Gasteiger partial charge is 0.342 e. The van der Waals surface area contributed by atoms with E-state index >= 15 is 0 Å². The third-order valence-corrected chi connectivity index (χ3v) is 5.34. The molecule has 3 heterocycles. The number of rotatable bonds is 3. The number of nitrogens with one attached hydrogen (secondary N) is 1. The van der Waals surface area contributed by atoms with Gasteiger partial charge in [0.05, 0.1) is 6.54 Å². The Bertz CT molecular complexity index is 1110. The normalized spacial score (nSPS) is 15.6. The standard InChI is InChI=1S/C19H22FN5O2/c1-12-7-9-24(10-8-12)18-21-16-15(17(26)22-19(27)23(16)2)25(18)11-13-5-3-4-6-14(13)20/h3-6,12H,7-11H2,1-2H3,(H,22,26,27). The number of nitrogens with zero attached hydrogens (tertiary/aromatic N) is 4. The van der Waals surface area contributed by atoms with Gasteiger partial charge in [-0.2, -0.15) is 4.98 Å². The van der Waals surface area contributed by atoms with Crippen molar-refractivity contribution in [1.82, 2.24) is 19.1 Å². The minimum Gasteiger partial charge on any atom is -0.342 e. The van der Waals surface area contributed by atoms with Crippen LogP contribution >= 0.6 is 0 Å². The molecule has 0 amide bonds. The number of hydrogen-bond acceptors (Lipinski definition) is 4. The van der Waals surface area contributed by atoms with E-state index in [4.69, 9.17) is 0 Å². The molecule has 0 bridgehead atoms. The van der Waals surface area contributed by atoms with Crippen molar-refractivity contribution in [3.8, 4) is 0 Å². The molecule has 3 aromatic rings. The van der Waals surface area contributed by atoms with Crippen LogP contribution in [0.4, 0.5) is 10.3 Å². The van der Waals surface area contributed by atoms with Crippen molar-refractivity contribution in [3.05, 3.63) is 56.5 Å². The molecule has 1 aliphatic rings. The van der Waals surface area contributed by atoms with Crippen LogP contribution in [0.2, 0.25) is 0 Å². The monoisotopic (exact) mass is 371 g/mol. The van der Waals surface area contributed by atoms with Crippen LogP contribution in [0.3, 0.4) is 0 Å². The quantitative estimate of drug-likeness (QED) is 0.762. The van der Waals surface area contributed by atoms with Crippen molar-refractivity contribution in [2.75, 3.05) is 18.0 Å². The summed E-state index contributed by atoms with van der Waals surface area (Å²) in [5, 5.41) is 0. The van der Waals surface area contributed by atoms with E-state index in [9.17, 15) is 14.0 Å². The van der Waals surface area contributed by atoms with Gasteiger partial charge in [-0.3, -0.25) is 18.9 Å². The molecule has 0 unspecified atom stereocenters. The number of benzene rings is 1. The molecule has 0 radical (unpaired) electrons. The topological polar surface area (TPSA) is 75.9 Å². The van der Waals surface area contributed by atoms with E-state index in [1.807, 2.05) is 0 Å². The zero-order chi connectivity index (χ0) is 19.1. The van der Waals surface area contributed by atoms with Crippen LogP contribution in [0.25, 0.3) is 11.2 Å². The maximum absolute atomic E-state index is 14.3. The van der Waals surface area contributed by atoms with Crippen LogP contribution in [0.1, 0.15) is 25.3 Å². The number of halogens is 1. The van der Waals surface area contributed by atoms with Gasteiger partial charge in [-0.05, 0) is 24.8 Å². The number of hydrogen-bond donors (Lipinski definition) is 1. The number of aromatic amines is 1. The van der Waals surface area contributed by atoms with Crippen molar-refractivity contribution in [2.24, 2.45) is 13.0 Å². The van der Waals surface area contributed by atoms with E-state index in [2.05, 4.69) is 21.8 Å². The molecule has 27 heavy (non-hydrogen) atoms. The first-order valence-electron chi connectivity index (χ1n) is 9.13. The summed E-state index contributed by atoms with van der Waals surface area (Å²) in [5.74, 6) is 0.907. The molecule has 0 spiro atoms. The Morgan fingerprint density at radius 3 is 2.63 bits per heavy atom. The van der Waals surface area contributed by atoms with E-state index in [0.29, 0.717) is 23.1 Å². The molecule has 1 fully saturated rings. The molecule has 7 nitrogen and oxygen atoms in total. The Kier molecular flexibility index (Phi) is 4.33. The van der Waals surface area contributed by atoms with Gasteiger partial charge in [0.15, 0.2) is 11.2 Å². The minimum atomic E-state index is -0.512. The Hall–Kier alpha value is -2.90. The number of fused-ring (bicyclic) bond motifs is 1. The number of aromatic nitrogens is 4. The van der Waals surface area contributed by atoms with Crippen LogP contribution in [-0.2, 0) is 13.6 Å². The highest BCUT2D eigenvalue weighted by molar-refractivity contribution is 5.74.